The van der Waals surface area contributed by atoms with Crippen molar-refractivity contribution >= 4 is 0 Å². The maximum Gasteiger partial charge on any atom is 0.122 e. The van der Waals surface area contributed by atoms with E-state index in [-0.39, 0.29) is 0 Å². The zero-order chi connectivity index (χ0) is 14.7. The van der Waals surface area contributed by atoms with E-state index in [1.165, 1.54) is 37.1 Å². The lowest BCUT2D eigenvalue weighted by Crippen LogP contribution is -2.44. The Bertz CT molecular complexity index is 466. The van der Waals surface area contributed by atoms with E-state index >= 15 is 0 Å². The molecule has 0 aromatic heterocycles. The second kappa shape index (κ2) is 6.80. The van der Waals surface area contributed by atoms with Crippen LogP contribution in [0.5, 0.6) is 5.75 Å². The summed E-state index contributed by atoms with van der Waals surface area (Å²) in [5, 5.41) is 3.67. The molecule has 1 atom stereocenters. The molecule has 3 nitrogen and oxygen atoms in total. The Morgan fingerprint density at radius 1 is 1.24 bits per heavy atom. The molecule has 0 aliphatic carbocycles. The van der Waals surface area contributed by atoms with Crippen LogP contribution in [0.25, 0.3) is 0 Å². The minimum absolute atomic E-state index is 0.672. The second-order valence-electron chi connectivity index (χ2n) is 6.73. The van der Waals surface area contributed by atoms with Gasteiger partial charge in [0.15, 0.2) is 0 Å². The number of rotatable bonds is 6. The zero-order valence-electron chi connectivity index (χ0n) is 13.4. The Kier molecular flexibility index (Phi) is 4.81. The molecule has 0 radical (unpaired) electrons. The van der Waals surface area contributed by atoms with Crippen LogP contribution in [0.4, 0.5) is 0 Å². The molecule has 2 aliphatic heterocycles. The predicted octanol–water partition coefficient (Wildman–Crippen LogP) is 2.83. The molecule has 1 saturated heterocycles. The van der Waals surface area contributed by atoms with Gasteiger partial charge >= 0.3 is 0 Å². The molecule has 1 unspecified atom stereocenters. The van der Waals surface area contributed by atoms with E-state index in [2.05, 4.69) is 42.3 Å². The first-order valence-electron chi connectivity index (χ1n) is 8.43. The van der Waals surface area contributed by atoms with Crippen LogP contribution in [0.3, 0.4) is 0 Å². The van der Waals surface area contributed by atoms with Gasteiger partial charge in [-0.3, -0.25) is 4.90 Å². The van der Waals surface area contributed by atoms with Crippen molar-refractivity contribution in [1.82, 2.24) is 10.2 Å². The number of ether oxygens (including phenoxy) is 1. The van der Waals surface area contributed by atoms with Crippen LogP contribution in [-0.4, -0.2) is 37.2 Å². The standard InChI is InChI=1S/C18H28N2O/c1-14(2)17(20-8-3-4-9-20)13-19-12-15-5-6-18-16(11-15)7-10-21-18/h5-6,11,14,17,19H,3-4,7-10,12-13H2,1-2H3. The molecule has 1 aromatic rings. The van der Waals surface area contributed by atoms with Crippen LogP contribution in [0.15, 0.2) is 18.2 Å². The molecule has 1 N–H and O–H groups in total. The van der Waals surface area contributed by atoms with E-state index < -0.39 is 0 Å². The smallest absolute Gasteiger partial charge is 0.122 e. The molecule has 1 fully saturated rings. The normalized spacial score (nSPS) is 19.8. The zero-order valence-corrected chi connectivity index (χ0v) is 13.4. The maximum atomic E-state index is 5.57. The van der Waals surface area contributed by atoms with Gasteiger partial charge in [0.25, 0.3) is 0 Å². The van der Waals surface area contributed by atoms with Crippen LogP contribution >= 0.6 is 0 Å². The van der Waals surface area contributed by atoms with Gasteiger partial charge in [-0.15, -0.1) is 0 Å². The van der Waals surface area contributed by atoms with Crippen molar-refractivity contribution in [3.8, 4) is 5.75 Å². The lowest BCUT2D eigenvalue weighted by molar-refractivity contribution is 0.186. The number of likely N-dealkylation sites (tertiary alicyclic amines) is 1. The van der Waals surface area contributed by atoms with E-state index in [9.17, 15) is 0 Å². The van der Waals surface area contributed by atoms with Crippen molar-refractivity contribution in [2.24, 2.45) is 5.92 Å². The van der Waals surface area contributed by atoms with Crippen molar-refractivity contribution in [2.45, 2.75) is 45.7 Å². The van der Waals surface area contributed by atoms with Crippen LogP contribution < -0.4 is 10.1 Å². The fourth-order valence-electron chi connectivity index (χ4n) is 3.57. The number of nitrogens with zero attached hydrogens (tertiary/aromatic N) is 1. The summed E-state index contributed by atoms with van der Waals surface area (Å²) in [5.41, 5.74) is 2.75. The van der Waals surface area contributed by atoms with Gasteiger partial charge in [-0.2, -0.15) is 0 Å². The van der Waals surface area contributed by atoms with Gasteiger partial charge in [0.1, 0.15) is 5.75 Å². The Balaban J connectivity index is 1.52. The summed E-state index contributed by atoms with van der Waals surface area (Å²) in [6.07, 6.45) is 3.80. The second-order valence-corrected chi connectivity index (χ2v) is 6.73. The summed E-state index contributed by atoms with van der Waals surface area (Å²) >= 11 is 0. The molecule has 0 spiro atoms. The Labute approximate surface area is 128 Å². The van der Waals surface area contributed by atoms with Crippen molar-refractivity contribution in [3.05, 3.63) is 29.3 Å². The molecule has 0 saturated carbocycles. The molecule has 2 heterocycles. The van der Waals surface area contributed by atoms with Crippen molar-refractivity contribution in [3.63, 3.8) is 0 Å². The third-order valence-corrected chi connectivity index (χ3v) is 4.82. The molecule has 116 valence electrons. The summed E-state index contributed by atoms with van der Waals surface area (Å²) in [5.74, 6) is 1.79. The van der Waals surface area contributed by atoms with Gasteiger partial charge in [0.2, 0.25) is 0 Å². The van der Waals surface area contributed by atoms with Gasteiger partial charge in [-0.1, -0.05) is 26.0 Å². The predicted molar refractivity (Wildman–Crippen MR) is 86.8 cm³/mol. The minimum Gasteiger partial charge on any atom is -0.493 e. The molecule has 3 rings (SSSR count). The summed E-state index contributed by atoms with van der Waals surface area (Å²) in [4.78, 5) is 2.66. The van der Waals surface area contributed by atoms with E-state index in [0.29, 0.717) is 12.0 Å². The van der Waals surface area contributed by atoms with E-state index in [4.69, 9.17) is 4.74 Å². The number of hydrogen-bond donors (Lipinski definition) is 1. The average Bonchev–Trinajstić information content (AvgIpc) is 3.13. The lowest BCUT2D eigenvalue weighted by atomic mass is 10.0. The van der Waals surface area contributed by atoms with Crippen molar-refractivity contribution < 1.29 is 4.74 Å². The van der Waals surface area contributed by atoms with Gasteiger partial charge < -0.3 is 10.1 Å². The van der Waals surface area contributed by atoms with Crippen LogP contribution in [0, 0.1) is 5.92 Å². The van der Waals surface area contributed by atoms with Crippen LogP contribution in [0.1, 0.15) is 37.8 Å². The molecular weight excluding hydrogens is 260 g/mol. The van der Waals surface area contributed by atoms with Gasteiger partial charge in [-0.25, -0.2) is 0 Å². The number of hydrogen-bond acceptors (Lipinski definition) is 3. The van der Waals surface area contributed by atoms with E-state index in [1.54, 1.807) is 0 Å². The Morgan fingerprint density at radius 2 is 2.05 bits per heavy atom. The van der Waals surface area contributed by atoms with Crippen molar-refractivity contribution in [2.75, 3.05) is 26.2 Å². The topological polar surface area (TPSA) is 24.5 Å². The van der Waals surface area contributed by atoms with E-state index in [0.717, 1.165) is 31.9 Å². The lowest BCUT2D eigenvalue weighted by Gasteiger charge is -2.31. The van der Waals surface area contributed by atoms with Gasteiger partial charge in [-0.05, 0) is 49.0 Å². The van der Waals surface area contributed by atoms with Crippen molar-refractivity contribution in [1.29, 1.82) is 0 Å². The molecule has 0 amide bonds. The molecule has 2 aliphatic rings. The molecule has 3 heteroatoms. The van der Waals surface area contributed by atoms with Crippen LogP contribution in [-0.2, 0) is 13.0 Å². The Hall–Kier alpha value is -1.06. The third-order valence-electron chi connectivity index (χ3n) is 4.82. The number of nitrogens with one attached hydrogen (secondary N) is 1. The molecule has 21 heavy (non-hydrogen) atoms. The maximum absolute atomic E-state index is 5.57. The van der Waals surface area contributed by atoms with Gasteiger partial charge in [0, 0.05) is 25.6 Å². The first kappa shape index (κ1) is 14.9. The number of fused-ring (bicyclic) bond motifs is 1. The quantitative estimate of drug-likeness (QED) is 0.871. The highest BCUT2D eigenvalue weighted by Crippen LogP contribution is 2.25. The largest absolute Gasteiger partial charge is 0.493 e. The molecular formula is C18H28N2O. The summed E-state index contributed by atoms with van der Waals surface area (Å²) < 4.78 is 5.57. The highest BCUT2D eigenvalue weighted by atomic mass is 16.5. The van der Waals surface area contributed by atoms with Crippen LogP contribution in [0.2, 0.25) is 0 Å². The average molecular weight is 288 g/mol. The summed E-state index contributed by atoms with van der Waals surface area (Å²) in [6, 6.07) is 7.29. The first-order valence-corrected chi connectivity index (χ1v) is 8.43. The van der Waals surface area contributed by atoms with Gasteiger partial charge in [0.05, 0.1) is 6.61 Å². The SMILES string of the molecule is CC(C)C(CNCc1ccc2c(c1)CCO2)N1CCCC1. The number of benzene rings is 1. The fraction of sp³-hybridized carbons (Fsp3) is 0.667. The minimum atomic E-state index is 0.672. The molecule has 0 bridgehead atoms. The summed E-state index contributed by atoms with van der Waals surface area (Å²) in [6.45, 7) is 10.1. The third kappa shape index (κ3) is 3.58. The fourth-order valence-corrected chi connectivity index (χ4v) is 3.57. The first-order chi connectivity index (χ1) is 10.2. The highest BCUT2D eigenvalue weighted by molar-refractivity contribution is 5.39. The highest BCUT2D eigenvalue weighted by Gasteiger charge is 2.24. The molecule has 1 aromatic carbocycles. The Morgan fingerprint density at radius 3 is 2.81 bits per heavy atom. The van der Waals surface area contributed by atoms with E-state index in [1.807, 2.05) is 0 Å². The summed E-state index contributed by atoms with van der Waals surface area (Å²) in [7, 11) is 0. The monoisotopic (exact) mass is 288 g/mol.